The zero-order chi connectivity index (χ0) is 19.4. The van der Waals surface area contributed by atoms with Crippen LogP contribution in [0.1, 0.15) is 47.1 Å². The van der Waals surface area contributed by atoms with Crippen molar-refractivity contribution in [1.29, 1.82) is 5.26 Å². The molecule has 0 aromatic carbocycles. The first-order valence-electron chi connectivity index (χ1n) is 7.64. The topological polar surface area (TPSA) is 87.0 Å². The Kier molecular flexibility index (Phi) is 6.77. The van der Waals surface area contributed by atoms with Crippen LogP contribution in [-0.4, -0.2) is 22.7 Å². The second kappa shape index (κ2) is 8.17. The maximum absolute atomic E-state index is 14.1. The second-order valence-corrected chi connectivity index (χ2v) is 7.03. The number of nitriles is 1. The fraction of sp³-hybridized carbons (Fsp3) is 0.471. The van der Waals surface area contributed by atoms with Crippen LogP contribution in [0.2, 0.25) is 5.15 Å². The highest BCUT2D eigenvalue weighted by Crippen LogP contribution is 2.22. The summed E-state index contributed by atoms with van der Waals surface area (Å²) in [6.45, 7) is 10.6. The van der Waals surface area contributed by atoms with Gasteiger partial charge in [0.25, 0.3) is 0 Å². The summed E-state index contributed by atoms with van der Waals surface area (Å²) in [4.78, 5) is 15.8. The number of carbonyl (C=O) groups excluding carboxylic acids is 1. The van der Waals surface area contributed by atoms with Crippen LogP contribution in [-0.2, 0) is 4.74 Å². The molecular weight excluding hydrogens is 347 g/mol. The Hall–Kier alpha value is -2.33. The molecule has 0 saturated carbocycles. The molecule has 2 N–H and O–H groups in total. The van der Waals surface area contributed by atoms with Crippen LogP contribution in [0.25, 0.3) is 0 Å². The van der Waals surface area contributed by atoms with Crippen molar-refractivity contribution < 1.29 is 13.9 Å². The molecule has 0 aliphatic rings. The quantitative estimate of drug-likeness (QED) is 0.771. The molecule has 0 fully saturated rings. The summed E-state index contributed by atoms with van der Waals surface area (Å²) < 4.78 is 19.3. The lowest BCUT2D eigenvalue weighted by Gasteiger charge is -2.24. The van der Waals surface area contributed by atoms with E-state index in [0.717, 1.165) is 11.6 Å². The number of halogens is 2. The fourth-order valence-corrected chi connectivity index (χ4v) is 2.16. The maximum atomic E-state index is 14.1. The lowest BCUT2D eigenvalue weighted by Crippen LogP contribution is -2.40. The van der Waals surface area contributed by atoms with Gasteiger partial charge in [0, 0.05) is 5.70 Å². The van der Waals surface area contributed by atoms with Gasteiger partial charge in [-0.15, -0.1) is 0 Å². The number of carbonyl (C=O) groups is 1. The van der Waals surface area contributed by atoms with E-state index < -0.39 is 23.6 Å². The van der Waals surface area contributed by atoms with Crippen molar-refractivity contribution >= 4 is 23.5 Å². The average Bonchev–Trinajstić information content (AvgIpc) is 2.44. The molecule has 25 heavy (non-hydrogen) atoms. The number of rotatable bonds is 4. The number of anilines is 1. The van der Waals surface area contributed by atoms with Gasteiger partial charge in [0.2, 0.25) is 0 Å². The Morgan fingerprint density at radius 3 is 2.52 bits per heavy atom. The normalized spacial score (nSPS) is 12.0. The molecule has 0 saturated heterocycles. The number of pyridine rings is 1. The number of hydrogen-bond acceptors (Lipinski definition) is 5. The summed E-state index contributed by atoms with van der Waals surface area (Å²) in [7, 11) is 0. The first kappa shape index (κ1) is 20.7. The van der Waals surface area contributed by atoms with Crippen LogP contribution < -0.4 is 10.6 Å². The van der Waals surface area contributed by atoms with Crippen LogP contribution in [0, 0.1) is 17.1 Å². The Labute approximate surface area is 152 Å². The molecular formula is C17H22ClFN4O2. The van der Waals surface area contributed by atoms with E-state index in [1.807, 2.05) is 0 Å². The smallest absolute Gasteiger partial charge is 0.408 e. The minimum absolute atomic E-state index is 0.0524. The van der Waals surface area contributed by atoms with Gasteiger partial charge in [0.1, 0.15) is 16.8 Å². The maximum Gasteiger partial charge on any atom is 0.408 e. The van der Waals surface area contributed by atoms with Gasteiger partial charge in [0.05, 0.1) is 11.6 Å². The highest BCUT2D eigenvalue weighted by molar-refractivity contribution is 6.30. The third-order valence-corrected chi connectivity index (χ3v) is 3.30. The van der Waals surface area contributed by atoms with Crippen LogP contribution in [0.4, 0.5) is 15.0 Å². The standard InChI is InChI=1S/C17H22ClFN4O2/c1-9(2)13(10(3)21-16(24)25-17(4,5)6)22-15-12(19)7-11(8-20)14(18)23-15/h7,10H,1-6H3,(H,21,24)(H,22,23)/t10-/m0/s1. The van der Waals surface area contributed by atoms with Crippen molar-refractivity contribution in [2.24, 2.45) is 0 Å². The summed E-state index contributed by atoms with van der Waals surface area (Å²) in [6.07, 6.45) is -0.591. The SMILES string of the molecule is CC(C)=C(Nc1nc(Cl)c(C#N)cc1F)[C@H](C)NC(=O)OC(C)(C)C. The molecule has 8 heteroatoms. The Balaban J connectivity index is 3.00. The Morgan fingerprint density at radius 2 is 2.04 bits per heavy atom. The van der Waals surface area contributed by atoms with Gasteiger partial charge in [0.15, 0.2) is 11.6 Å². The van der Waals surface area contributed by atoms with E-state index >= 15 is 0 Å². The van der Waals surface area contributed by atoms with E-state index in [2.05, 4.69) is 15.6 Å². The van der Waals surface area contributed by atoms with Crippen LogP contribution in [0.3, 0.4) is 0 Å². The first-order chi connectivity index (χ1) is 11.4. The third-order valence-electron chi connectivity index (χ3n) is 3.01. The number of hydrogen-bond donors (Lipinski definition) is 2. The lowest BCUT2D eigenvalue weighted by molar-refractivity contribution is 0.0516. The van der Waals surface area contributed by atoms with E-state index in [1.165, 1.54) is 0 Å². The largest absolute Gasteiger partial charge is 0.444 e. The summed E-state index contributed by atoms with van der Waals surface area (Å²) in [5.74, 6) is -0.845. The molecule has 6 nitrogen and oxygen atoms in total. The number of nitrogens with zero attached hydrogens (tertiary/aromatic N) is 2. The van der Waals surface area contributed by atoms with Gasteiger partial charge >= 0.3 is 6.09 Å². The molecule has 0 aliphatic carbocycles. The third kappa shape index (κ3) is 6.24. The minimum atomic E-state index is -0.718. The molecule has 0 aliphatic heterocycles. The Morgan fingerprint density at radius 1 is 1.44 bits per heavy atom. The van der Waals surface area contributed by atoms with Gasteiger partial charge < -0.3 is 15.4 Å². The number of allylic oxidation sites excluding steroid dienone is 1. The van der Waals surface area contributed by atoms with Crippen molar-refractivity contribution in [2.75, 3.05) is 5.32 Å². The molecule has 1 aromatic rings. The van der Waals surface area contributed by atoms with E-state index in [0.29, 0.717) is 5.70 Å². The van der Waals surface area contributed by atoms with Crippen molar-refractivity contribution in [2.45, 2.75) is 53.2 Å². The van der Waals surface area contributed by atoms with Gasteiger partial charge in [-0.25, -0.2) is 14.2 Å². The summed E-state index contributed by atoms with van der Waals surface area (Å²) >= 11 is 5.85. The minimum Gasteiger partial charge on any atom is -0.444 e. The number of amides is 1. The molecule has 0 spiro atoms. The van der Waals surface area contributed by atoms with E-state index in [-0.39, 0.29) is 16.5 Å². The van der Waals surface area contributed by atoms with Gasteiger partial charge in [-0.1, -0.05) is 17.2 Å². The van der Waals surface area contributed by atoms with E-state index in [1.54, 1.807) is 47.6 Å². The monoisotopic (exact) mass is 368 g/mol. The zero-order valence-electron chi connectivity index (χ0n) is 15.1. The van der Waals surface area contributed by atoms with Crippen molar-refractivity contribution in [3.8, 4) is 6.07 Å². The summed E-state index contributed by atoms with van der Waals surface area (Å²) in [6, 6.07) is 2.28. The Bertz CT molecular complexity index is 731. The fourth-order valence-electron chi connectivity index (χ4n) is 1.98. The van der Waals surface area contributed by atoms with E-state index in [4.69, 9.17) is 21.6 Å². The molecule has 1 atom stereocenters. The second-order valence-electron chi connectivity index (χ2n) is 6.68. The van der Waals surface area contributed by atoms with Crippen molar-refractivity contribution in [1.82, 2.24) is 10.3 Å². The molecule has 0 bridgehead atoms. The molecule has 1 rings (SSSR count). The molecule has 0 unspecified atom stereocenters. The summed E-state index contributed by atoms with van der Waals surface area (Å²) in [5, 5.41) is 14.3. The zero-order valence-corrected chi connectivity index (χ0v) is 15.9. The first-order valence-corrected chi connectivity index (χ1v) is 8.02. The predicted molar refractivity (Wildman–Crippen MR) is 94.7 cm³/mol. The summed E-state index contributed by atoms with van der Waals surface area (Å²) in [5.41, 5.74) is 0.670. The van der Waals surface area contributed by atoms with Crippen molar-refractivity contribution in [3.63, 3.8) is 0 Å². The van der Waals surface area contributed by atoms with Gasteiger partial charge in [-0.3, -0.25) is 0 Å². The van der Waals surface area contributed by atoms with Crippen LogP contribution in [0.15, 0.2) is 17.3 Å². The van der Waals surface area contributed by atoms with Gasteiger partial charge in [-0.2, -0.15) is 5.26 Å². The highest BCUT2D eigenvalue weighted by atomic mass is 35.5. The number of nitrogens with one attached hydrogen (secondary N) is 2. The number of aromatic nitrogens is 1. The predicted octanol–water partition coefficient (Wildman–Crippen LogP) is 4.36. The lowest BCUT2D eigenvalue weighted by atomic mass is 10.1. The number of ether oxygens (including phenoxy) is 1. The van der Waals surface area contributed by atoms with Crippen molar-refractivity contribution in [3.05, 3.63) is 33.9 Å². The van der Waals surface area contributed by atoms with Crippen LogP contribution >= 0.6 is 11.6 Å². The van der Waals surface area contributed by atoms with Crippen LogP contribution in [0.5, 0.6) is 0 Å². The molecule has 1 amide bonds. The molecule has 136 valence electrons. The van der Waals surface area contributed by atoms with Gasteiger partial charge in [-0.05, 0) is 47.6 Å². The molecule has 1 heterocycles. The average molecular weight is 369 g/mol. The number of alkyl carbamates (subject to hydrolysis) is 1. The molecule has 0 radical (unpaired) electrons. The molecule has 1 aromatic heterocycles. The van der Waals surface area contributed by atoms with E-state index in [9.17, 15) is 9.18 Å². The highest BCUT2D eigenvalue weighted by Gasteiger charge is 2.21.